The summed E-state index contributed by atoms with van der Waals surface area (Å²) < 4.78 is 5.22. The molecule has 1 saturated carbocycles. The number of nitrogens with zero attached hydrogens (tertiary/aromatic N) is 3. The summed E-state index contributed by atoms with van der Waals surface area (Å²) in [5, 5.41) is 3.87. The fraction of sp³-hybridized carbons (Fsp3) is 0.429. The maximum Gasteiger partial charge on any atom is 0.276 e. The molecule has 1 aliphatic heterocycles. The SMILES string of the molecule is O=C(c1cc(C2CC2)on1)N1CCc2c(nc[nH]c2=O)C1. The topological polar surface area (TPSA) is 92.1 Å². The molecule has 2 aliphatic rings. The number of carbonyl (C=O) groups excluding carboxylic acids is 1. The van der Waals surface area contributed by atoms with Crippen LogP contribution in [-0.2, 0) is 13.0 Å². The van der Waals surface area contributed by atoms with E-state index in [1.807, 2.05) is 0 Å². The van der Waals surface area contributed by atoms with Crippen LogP contribution in [-0.4, -0.2) is 32.5 Å². The Kier molecular flexibility index (Phi) is 2.66. The normalized spacial score (nSPS) is 17.6. The molecule has 1 fully saturated rings. The van der Waals surface area contributed by atoms with Crippen LogP contribution in [0.4, 0.5) is 0 Å². The van der Waals surface area contributed by atoms with Crippen molar-refractivity contribution in [2.24, 2.45) is 0 Å². The highest BCUT2D eigenvalue weighted by atomic mass is 16.5. The second kappa shape index (κ2) is 4.54. The van der Waals surface area contributed by atoms with Crippen LogP contribution in [0.25, 0.3) is 0 Å². The maximum absolute atomic E-state index is 12.4. The van der Waals surface area contributed by atoms with E-state index < -0.39 is 0 Å². The molecule has 3 heterocycles. The van der Waals surface area contributed by atoms with Gasteiger partial charge >= 0.3 is 0 Å². The monoisotopic (exact) mass is 286 g/mol. The third-order valence-corrected chi connectivity index (χ3v) is 4.03. The summed E-state index contributed by atoms with van der Waals surface area (Å²) in [4.78, 5) is 32.5. The molecule has 0 spiro atoms. The first-order valence-electron chi connectivity index (χ1n) is 7.03. The first-order valence-corrected chi connectivity index (χ1v) is 7.03. The molecule has 4 rings (SSSR count). The molecule has 1 aliphatic carbocycles. The van der Waals surface area contributed by atoms with Gasteiger partial charge in [0.15, 0.2) is 5.69 Å². The summed E-state index contributed by atoms with van der Waals surface area (Å²) in [7, 11) is 0. The van der Waals surface area contributed by atoms with E-state index in [4.69, 9.17) is 4.52 Å². The van der Waals surface area contributed by atoms with E-state index in [-0.39, 0.29) is 11.5 Å². The molecule has 0 saturated heterocycles. The lowest BCUT2D eigenvalue weighted by Gasteiger charge is -2.26. The Hall–Kier alpha value is -2.44. The second-order valence-electron chi connectivity index (χ2n) is 5.52. The van der Waals surface area contributed by atoms with Gasteiger partial charge in [-0.05, 0) is 19.3 Å². The summed E-state index contributed by atoms with van der Waals surface area (Å²) in [5.41, 5.74) is 1.54. The number of H-pyrrole nitrogens is 1. The number of carbonyl (C=O) groups is 1. The van der Waals surface area contributed by atoms with Crippen LogP contribution in [0, 0.1) is 0 Å². The van der Waals surface area contributed by atoms with Gasteiger partial charge in [-0.15, -0.1) is 0 Å². The van der Waals surface area contributed by atoms with Crippen molar-refractivity contribution in [1.82, 2.24) is 20.0 Å². The van der Waals surface area contributed by atoms with Crippen molar-refractivity contribution < 1.29 is 9.32 Å². The molecule has 0 atom stereocenters. The first kappa shape index (κ1) is 12.3. The van der Waals surface area contributed by atoms with Crippen molar-refractivity contribution >= 4 is 5.91 Å². The Morgan fingerprint density at radius 2 is 2.29 bits per heavy atom. The first-order chi connectivity index (χ1) is 10.2. The van der Waals surface area contributed by atoms with Gasteiger partial charge in [0.1, 0.15) is 5.76 Å². The van der Waals surface area contributed by atoms with E-state index in [0.717, 1.165) is 18.6 Å². The van der Waals surface area contributed by atoms with E-state index in [2.05, 4.69) is 15.1 Å². The maximum atomic E-state index is 12.4. The third kappa shape index (κ3) is 2.14. The molecule has 2 aromatic rings. The number of rotatable bonds is 2. The number of amides is 1. The molecule has 0 unspecified atom stereocenters. The Labute approximate surface area is 120 Å². The van der Waals surface area contributed by atoms with E-state index >= 15 is 0 Å². The number of hydrogen-bond donors (Lipinski definition) is 1. The zero-order chi connectivity index (χ0) is 14.4. The van der Waals surface area contributed by atoms with Gasteiger partial charge in [-0.1, -0.05) is 5.16 Å². The van der Waals surface area contributed by atoms with Gasteiger partial charge < -0.3 is 14.4 Å². The predicted molar refractivity (Wildman–Crippen MR) is 71.8 cm³/mol. The molecule has 0 bridgehead atoms. The second-order valence-corrected chi connectivity index (χ2v) is 5.52. The van der Waals surface area contributed by atoms with Crippen molar-refractivity contribution in [2.45, 2.75) is 31.7 Å². The lowest BCUT2D eigenvalue weighted by Crippen LogP contribution is -2.39. The summed E-state index contributed by atoms with van der Waals surface area (Å²) in [6.07, 6.45) is 4.09. The van der Waals surface area contributed by atoms with Crippen LogP contribution in [0.3, 0.4) is 0 Å². The molecule has 1 amide bonds. The van der Waals surface area contributed by atoms with Crippen molar-refractivity contribution in [2.75, 3.05) is 6.54 Å². The van der Waals surface area contributed by atoms with Crippen molar-refractivity contribution in [1.29, 1.82) is 0 Å². The number of hydrogen-bond acceptors (Lipinski definition) is 5. The number of aromatic nitrogens is 3. The Morgan fingerprint density at radius 3 is 3.10 bits per heavy atom. The minimum absolute atomic E-state index is 0.121. The predicted octanol–water partition coefficient (Wildman–Crippen LogP) is 0.834. The minimum Gasteiger partial charge on any atom is -0.360 e. The molecule has 7 heteroatoms. The minimum atomic E-state index is -0.168. The summed E-state index contributed by atoms with van der Waals surface area (Å²) >= 11 is 0. The highest BCUT2D eigenvalue weighted by Crippen LogP contribution is 2.40. The molecule has 1 N–H and O–H groups in total. The third-order valence-electron chi connectivity index (χ3n) is 4.03. The van der Waals surface area contributed by atoms with Crippen LogP contribution >= 0.6 is 0 Å². The highest BCUT2D eigenvalue weighted by Gasteiger charge is 2.31. The van der Waals surface area contributed by atoms with Gasteiger partial charge in [0.2, 0.25) is 0 Å². The van der Waals surface area contributed by atoms with Crippen LogP contribution in [0.5, 0.6) is 0 Å². The van der Waals surface area contributed by atoms with Gasteiger partial charge in [0.25, 0.3) is 11.5 Å². The van der Waals surface area contributed by atoms with E-state index in [1.54, 1.807) is 11.0 Å². The number of nitrogens with one attached hydrogen (secondary N) is 1. The van der Waals surface area contributed by atoms with Gasteiger partial charge in [-0.25, -0.2) is 4.98 Å². The van der Waals surface area contributed by atoms with Crippen LogP contribution in [0.15, 0.2) is 21.7 Å². The van der Waals surface area contributed by atoms with E-state index in [9.17, 15) is 9.59 Å². The van der Waals surface area contributed by atoms with Crippen molar-refractivity contribution in [3.8, 4) is 0 Å². The van der Waals surface area contributed by atoms with Gasteiger partial charge in [-0.3, -0.25) is 9.59 Å². The van der Waals surface area contributed by atoms with Crippen molar-refractivity contribution in [3.05, 3.63) is 45.5 Å². The fourth-order valence-corrected chi connectivity index (χ4v) is 2.65. The Balaban J connectivity index is 1.56. The number of fused-ring (bicyclic) bond motifs is 1. The van der Waals surface area contributed by atoms with E-state index in [0.29, 0.717) is 42.4 Å². The molecule has 7 nitrogen and oxygen atoms in total. The zero-order valence-corrected chi connectivity index (χ0v) is 11.3. The van der Waals surface area contributed by atoms with E-state index in [1.165, 1.54) is 6.33 Å². The molecule has 21 heavy (non-hydrogen) atoms. The lowest BCUT2D eigenvalue weighted by atomic mass is 10.1. The number of aromatic amines is 1. The zero-order valence-electron chi connectivity index (χ0n) is 11.3. The Bertz CT molecular complexity index is 760. The molecule has 2 aromatic heterocycles. The Morgan fingerprint density at radius 1 is 1.43 bits per heavy atom. The quantitative estimate of drug-likeness (QED) is 0.883. The lowest BCUT2D eigenvalue weighted by molar-refractivity contribution is 0.0720. The molecule has 108 valence electrons. The van der Waals surface area contributed by atoms with Crippen molar-refractivity contribution in [3.63, 3.8) is 0 Å². The average Bonchev–Trinajstić information content (AvgIpc) is 3.24. The van der Waals surface area contributed by atoms with Crippen LogP contribution in [0.2, 0.25) is 0 Å². The standard InChI is InChI=1S/C14H14N4O3/c19-13-9-3-4-18(6-11(9)15-7-16-13)14(20)10-5-12(21-17-10)8-1-2-8/h5,7-8H,1-4,6H2,(H,15,16,19). The molecular formula is C14H14N4O3. The largest absolute Gasteiger partial charge is 0.360 e. The smallest absolute Gasteiger partial charge is 0.276 e. The molecule has 0 radical (unpaired) electrons. The highest BCUT2D eigenvalue weighted by molar-refractivity contribution is 5.92. The van der Waals surface area contributed by atoms with Gasteiger partial charge in [0, 0.05) is 24.1 Å². The molecule has 0 aromatic carbocycles. The molecular weight excluding hydrogens is 272 g/mol. The summed E-state index contributed by atoms with van der Waals surface area (Å²) in [5.74, 6) is 1.06. The summed E-state index contributed by atoms with van der Waals surface area (Å²) in [6, 6.07) is 1.74. The van der Waals surface area contributed by atoms with Gasteiger partial charge in [0.05, 0.1) is 18.6 Å². The summed E-state index contributed by atoms with van der Waals surface area (Å²) in [6.45, 7) is 0.829. The fourth-order valence-electron chi connectivity index (χ4n) is 2.65. The van der Waals surface area contributed by atoms with Crippen LogP contribution in [0.1, 0.15) is 46.3 Å². The van der Waals surface area contributed by atoms with Crippen LogP contribution < -0.4 is 5.56 Å². The average molecular weight is 286 g/mol. The van der Waals surface area contributed by atoms with Gasteiger partial charge in [-0.2, -0.15) is 0 Å².